The molecule has 0 radical (unpaired) electrons. The molecule has 0 fully saturated rings. The van der Waals surface area contributed by atoms with Crippen LogP contribution in [0.5, 0.6) is 0 Å². The Kier molecular flexibility index (Phi) is 3.37. The Labute approximate surface area is 138 Å². The molecule has 4 rings (SSSR count). The van der Waals surface area contributed by atoms with Crippen LogP contribution in [0.4, 0.5) is 0 Å². The molecule has 0 saturated carbocycles. The average molecular weight is 302 g/mol. The molecule has 1 aliphatic heterocycles. The number of rotatable bonds is 2. The molecule has 0 N–H and O–H groups in total. The number of ether oxygens (including phenoxy) is 1. The molecule has 0 spiro atoms. The highest BCUT2D eigenvalue weighted by atomic mass is 16.5. The number of benzene rings is 2. The molecule has 1 heteroatoms. The van der Waals surface area contributed by atoms with Crippen LogP contribution in [-0.2, 0) is 4.74 Å². The van der Waals surface area contributed by atoms with Gasteiger partial charge in [0.1, 0.15) is 11.4 Å². The third kappa shape index (κ3) is 2.41. The van der Waals surface area contributed by atoms with Crippen LogP contribution < -0.4 is 0 Å². The Bertz CT molecular complexity index is 779. The van der Waals surface area contributed by atoms with E-state index in [-0.39, 0.29) is 5.60 Å². The molecule has 23 heavy (non-hydrogen) atoms. The van der Waals surface area contributed by atoms with Crippen molar-refractivity contribution in [1.82, 2.24) is 0 Å². The van der Waals surface area contributed by atoms with Crippen molar-refractivity contribution in [3.05, 3.63) is 82.9 Å². The van der Waals surface area contributed by atoms with Crippen molar-refractivity contribution in [3.8, 4) is 0 Å². The van der Waals surface area contributed by atoms with Gasteiger partial charge in [-0.2, -0.15) is 0 Å². The summed E-state index contributed by atoms with van der Waals surface area (Å²) in [5.74, 6) is 1.08. The summed E-state index contributed by atoms with van der Waals surface area (Å²) in [6.45, 7) is 4.40. The first kappa shape index (κ1) is 14.3. The molecule has 116 valence electrons. The van der Waals surface area contributed by atoms with Gasteiger partial charge in [-0.05, 0) is 44.2 Å². The van der Waals surface area contributed by atoms with Crippen molar-refractivity contribution in [2.24, 2.45) is 0 Å². The fourth-order valence-corrected chi connectivity index (χ4v) is 3.95. The van der Waals surface area contributed by atoms with Crippen LogP contribution in [0.2, 0.25) is 0 Å². The summed E-state index contributed by atoms with van der Waals surface area (Å²) in [5.41, 5.74) is 6.56. The Morgan fingerprint density at radius 1 is 0.739 bits per heavy atom. The van der Waals surface area contributed by atoms with E-state index < -0.39 is 0 Å². The van der Waals surface area contributed by atoms with Crippen LogP contribution >= 0.6 is 0 Å². The molecule has 0 saturated heterocycles. The lowest BCUT2D eigenvalue weighted by molar-refractivity contribution is 0.133. The molecule has 2 aliphatic rings. The minimum Gasteiger partial charge on any atom is -0.482 e. The first-order valence-corrected chi connectivity index (χ1v) is 8.44. The van der Waals surface area contributed by atoms with E-state index in [1.54, 1.807) is 0 Å². The fourth-order valence-electron chi connectivity index (χ4n) is 3.95. The van der Waals surface area contributed by atoms with Gasteiger partial charge < -0.3 is 4.74 Å². The summed E-state index contributed by atoms with van der Waals surface area (Å²) in [6.07, 6.45) is 3.44. The van der Waals surface area contributed by atoms with Crippen LogP contribution in [0.15, 0.2) is 71.8 Å². The second-order valence-electron chi connectivity index (χ2n) is 6.86. The predicted molar refractivity (Wildman–Crippen MR) is 95.7 cm³/mol. The second kappa shape index (κ2) is 5.42. The molecule has 1 nitrogen and oxygen atoms in total. The molecule has 1 heterocycles. The lowest BCUT2D eigenvalue weighted by atomic mass is 9.78. The topological polar surface area (TPSA) is 9.23 Å². The van der Waals surface area contributed by atoms with E-state index in [0.717, 1.165) is 18.6 Å². The van der Waals surface area contributed by atoms with Crippen LogP contribution in [-0.4, -0.2) is 5.60 Å². The van der Waals surface area contributed by atoms with Gasteiger partial charge in [0, 0.05) is 16.7 Å². The van der Waals surface area contributed by atoms with Crippen molar-refractivity contribution in [2.45, 2.75) is 38.7 Å². The molecule has 2 aromatic carbocycles. The number of fused-ring (bicyclic) bond motifs is 1. The van der Waals surface area contributed by atoms with E-state index in [9.17, 15) is 0 Å². The number of hydrogen-bond acceptors (Lipinski definition) is 1. The Morgan fingerprint density at radius 3 is 1.96 bits per heavy atom. The van der Waals surface area contributed by atoms with Gasteiger partial charge in [-0.1, -0.05) is 60.7 Å². The maximum atomic E-state index is 6.46. The Balaban J connectivity index is 1.93. The zero-order valence-electron chi connectivity index (χ0n) is 13.8. The highest BCUT2D eigenvalue weighted by Crippen LogP contribution is 2.51. The largest absolute Gasteiger partial charge is 0.482 e. The highest BCUT2D eigenvalue weighted by Gasteiger charge is 2.41. The second-order valence-corrected chi connectivity index (χ2v) is 6.86. The summed E-state index contributed by atoms with van der Waals surface area (Å²) in [4.78, 5) is 0. The minimum atomic E-state index is -0.258. The summed E-state index contributed by atoms with van der Waals surface area (Å²) >= 11 is 0. The zero-order valence-corrected chi connectivity index (χ0v) is 13.8. The summed E-state index contributed by atoms with van der Waals surface area (Å²) in [7, 11) is 0. The normalized spacial score (nSPS) is 19.6. The maximum Gasteiger partial charge on any atom is 0.131 e. The Hall–Kier alpha value is -2.28. The van der Waals surface area contributed by atoms with Crippen molar-refractivity contribution in [2.75, 3.05) is 0 Å². The van der Waals surface area contributed by atoms with Crippen LogP contribution in [0.3, 0.4) is 0 Å². The van der Waals surface area contributed by atoms with Gasteiger partial charge in [-0.15, -0.1) is 0 Å². The molecule has 2 aromatic rings. The van der Waals surface area contributed by atoms with Crippen molar-refractivity contribution < 1.29 is 4.74 Å². The maximum absolute atomic E-state index is 6.46. The van der Waals surface area contributed by atoms with Gasteiger partial charge in [0.25, 0.3) is 0 Å². The smallest absolute Gasteiger partial charge is 0.131 e. The van der Waals surface area contributed by atoms with Crippen LogP contribution in [0.25, 0.3) is 11.3 Å². The molecular weight excluding hydrogens is 280 g/mol. The van der Waals surface area contributed by atoms with Crippen LogP contribution in [0.1, 0.15) is 44.2 Å². The molecule has 0 amide bonds. The monoisotopic (exact) mass is 302 g/mol. The van der Waals surface area contributed by atoms with E-state index in [1.165, 1.54) is 34.3 Å². The van der Waals surface area contributed by atoms with Gasteiger partial charge in [0.2, 0.25) is 0 Å². The Morgan fingerprint density at radius 2 is 1.30 bits per heavy atom. The van der Waals surface area contributed by atoms with E-state index in [4.69, 9.17) is 4.74 Å². The average Bonchev–Trinajstić information content (AvgIpc) is 2.88. The molecular formula is C22H22O. The minimum absolute atomic E-state index is 0.258. The lowest BCUT2D eigenvalue weighted by Gasteiger charge is -2.28. The summed E-state index contributed by atoms with van der Waals surface area (Å²) in [6, 6.07) is 21.3. The van der Waals surface area contributed by atoms with Gasteiger partial charge in [0.05, 0.1) is 0 Å². The molecule has 0 bridgehead atoms. The fraction of sp³-hybridized carbons (Fsp3) is 0.273. The number of allylic oxidation sites excluding steroid dienone is 1. The van der Waals surface area contributed by atoms with E-state index >= 15 is 0 Å². The van der Waals surface area contributed by atoms with Crippen molar-refractivity contribution in [1.29, 1.82) is 0 Å². The molecule has 0 aromatic heterocycles. The highest BCUT2D eigenvalue weighted by molar-refractivity contribution is 5.84. The van der Waals surface area contributed by atoms with Crippen molar-refractivity contribution in [3.63, 3.8) is 0 Å². The first-order chi connectivity index (χ1) is 11.2. The third-order valence-corrected chi connectivity index (χ3v) is 4.85. The summed E-state index contributed by atoms with van der Waals surface area (Å²) < 4.78 is 6.46. The van der Waals surface area contributed by atoms with Gasteiger partial charge in [-0.3, -0.25) is 0 Å². The lowest BCUT2D eigenvalue weighted by Crippen LogP contribution is -2.24. The molecule has 1 aliphatic carbocycles. The van der Waals surface area contributed by atoms with E-state index in [0.29, 0.717) is 0 Å². The van der Waals surface area contributed by atoms with Gasteiger partial charge in [-0.25, -0.2) is 0 Å². The standard InChI is InChI=1S/C22H22O/c1-22(2)20-18(16-10-5-3-6-11-16)14-9-15-19(20)21(23-22)17-12-7-4-8-13-17/h3-8,10-13H,9,14-15H2,1-2H3. The van der Waals surface area contributed by atoms with Crippen LogP contribution in [0, 0.1) is 0 Å². The molecule has 0 atom stereocenters. The van der Waals surface area contributed by atoms with Crippen molar-refractivity contribution >= 4 is 11.3 Å². The quantitative estimate of drug-likeness (QED) is 0.676. The van der Waals surface area contributed by atoms with Gasteiger partial charge in [0.15, 0.2) is 0 Å². The molecule has 0 unspecified atom stereocenters. The third-order valence-electron chi connectivity index (χ3n) is 4.85. The van der Waals surface area contributed by atoms with Gasteiger partial charge >= 0.3 is 0 Å². The number of hydrogen-bond donors (Lipinski definition) is 0. The first-order valence-electron chi connectivity index (χ1n) is 8.44. The van der Waals surface area contributed by atoms with E-state index in [2.05, 4.69) is 74.5 Å². The zero-order chi connectivity index (χ0) is 15.9. The predicted octanol–water partition coefficient (Wildman–Crippen LogP) is 5.84. The van der Waals surface area contributed by atoms with E-state index in [1.807, 2.05) is 0 Å². The summed E-state index contributed by atoms with van der Waals surface area (Å²) in [5, 5.41) is 0. The SMILES string of the molecule is CC1(C)OC(c2ccccc2)=C2CCCC(c3ccccc3)=C21.